The summed E-state index contributed by atoms with van der Waals surface area (Å²) in [5.74, 6) is 2.79. The minimum Gasteiger partial charge on any atom is -0.454 e. The number of ether oxygens (including phenoxy) is 2. The third-order valence-electron chi connectivity index (χ3n) is 17.3. The Morgan fingerprint density at radius 2 is 1.11 bits per heavy atom. The normalized spacial score (nSPS) is 16.6. The lowest BCUT2D eigenvalue weighted by Crippen LogP contribution is -2.61. The van der Waals surface area contributed by atoms with E-state index in [1.807, 2.05) is 24.3 Å². The van der Waals surface area contributed by atoms with Crippen LogP contribution in [0, 0.1) is 6.92 Å². The van der Waals surface area contributed by atoms with Crippen molar-refractivity contribution in [3.8, 4) is 56.4 Å². The van der Waals surface area contributed by atoms with Gasteiger partial charge >= 0.3 is 6.85 Å². The Bertz CT molecular complexity index is 3990. The van der Waals surface area contributed by atoms with E-state index in [4.69, 9.17) is 13.9 Å². The molecule has 10 aromatic rings. The number of para-hydroxylation sites is 3. The minimum atomic E-state index is -0.307. The molecule has 0 saturated heterocycles. The SMILES string of the molecule is Cc1cc2c(cc1N1c3cc4c(cc3B3c5c(cc6c(oc7ccccc76)c51)-c1cc5c(cc1N3c1ccc(-c3ccccc3)cc1)C(C)(C)c1ccccc1-5)Oc1ccccc1O4)C(C)(C)CCC2(C)C. The van der Waals surface area contributed by atoms with Crippen LogP contribution in [0.1, 0.15) is 82.2 Å². The summed E-state index contributed by atoms with van der Waals surface area (Å²) in [5, 5.41) is 2.20. The Kier molecular flexibility index (Phi) is 8.33. The van der Waals surface area contributed by atoms with Gasteiger partial charge in [0.1, 0.15) is 5.58 Å². The fourth-order valence-electron chi connectivity index (χ4n) is 13.3. The molecule has 0 spiro atoms. The van der Waals surface area contributed by atoms with E-state index in [2.05, 4.69) is 204 Å². The van der Waals surface area contributed by atoms with Gasteiger partial charge in [0, 0.05) is 50.6 Å². The van der Waals surface area contributed by atoms with E-state index >= 15 is 0 Å². The van der Waals surface area contributed by atoms with Crippen LogP contribution in [-0.2, 0) is 16.2 Å². The second-order valence-electron chi connectivity index (χ2n) is 22.7. The van der Waals surface area contributed by atoms with Gasteiger partial charge in [-0.25, -0.2) is 0 Å². The molecule has 5 aliphatic rings. The number of fused-ring (bicyclic) bond motifs is 14. The van der Waals surface area contributed by atoms with Crippen LogP contribution < -0.4 is 30.1 Å². The van der Waals surface area contributed by atoms with Gasteiger partial charge < -0.3 is 23.6 Å². The number of nitrogens with zero attached hydrogens (tertiary/aromatic N) is 2. The molecular weight excluding hydrogens is 880 g/mol. The highest BCUT2D eigenvalue weighted by Crippen LogP contribution is 2.58. The molecule has 0 radical (unpaired) electrons. The minimum absolute atomic E-state index is 0.0259. The van der Waals surface area contributed by atoms with Gasteiger partial charge in [-0.2, -0.15) is 0 Å². The van der Waals surface area contributed by atoms with Gasteiger partial charge in [-0.05, 0) is 158 Å². The lowest BCUT2D eigenvalue weighted by atomic mass is 9.43. The number of anilines is 5. The highest BCUT2D eigenvalue weighted by Gasteiger charge is 2.50. The molecule has 0 amide bonds. The maximum atomic E-state index is 7.30. The zero-order valence-electron chi connectivity index (χ0n) is 41.8. The molecule has 0 unspecified atom stereocenters. The van der Waals surface area contributed by atoms with E-state index < -0.39 is 0 Å². The fourth-order valence-corrected chi connectivity index (χ4v) is 13.3. The van der Waals surface area contributed by atoms with Crippen molar-refractivity contribution < 1.29 is 13.9 Å². The molecule has 6 heteroatoms. The number of hydrogen-bond donors (Lipinski definition) is 0. The van der Waals surface area contributed by atoms with Crippen molar-refractivity contribution in [3.05, 3.63) is 198 Å². The van der Waals surface area contributed by atoms with Crippen molar-refractivity contribution in [1.29, 1.82) is 0 Å². The van der Waals surface area contributed by atoms with Crippen LogP contribution in [0.25, 0.3) is 55.3 Å². The second-order valence-corrected chi connectivity index (χ2v) is 22.7. The molecule has 0 atom stereocenters. The Morgan fingerprint density at radius 1 is 0.472 bits per heavy atom. The molecule has 72 heavy (non-hydrogen) atoms. The topological polar surface area (TPSA) is 38.1 Å². The van der Waals surface area contributed by atoms with E-state index in [0.29, 0.717) is 23.0 Å². The zero-order chi connectivity index (χ0) is 48.6. The van der Waals surface area contributed by atoms with Gasteiger partial charge in [0.05, 0.1) is 5.69 Å². The Labute approximate surface area is 421 Å². The Hall–Kier alpha value is -7.96. The van der Waals surface area contributed by atoms with Gasteiger partial charge in [0.25, 0.3) is 0 Å². The van der Waals surface area contributed by atoms with Crippen molar-refractivity contribution in [2.45, 2.75) is 77.6 Å². The molecule has 5 nitrogen and oxygen atoms in total. The quantitative estimate of drug-likeness (QED) is 0.165. The molecule has 0 bridgehead atoms. The lowest BCUT2D eigenvalue weighted by Gasteiger charge is -2.47. The van der Waals surface area contributed by atoms with Gasteiger partial charge in [-0.3, -0.25) is 0 Å². The van der Waals surface area contributed by atoms with Gasteiger partial charge in [-0.1, -0.05) is 145 Å². The summed E-state index contributed by atoms with van der Waals surface area (Å²) in [5.41, 5.74) is 23.5. The van der Waals surface area contributed by atoms with Crippen LogP contribution in [0.5, 0.6) is 23.0 Å². The number of benzene rings is 9. The van der Waals surface area contributed by atoms with E-state index in [9.17, 15) is 0 Å². The predicted molar refractivity (Wildman–Crippen MR) is 297 cm³/mol. The van der Waals surface area contributed by atoms with Crippen LogP contribution in [-0.4, -0.2) is 6.85 Å². The number of hydrogen-bond acceptors (Lipinski definition) is 5. The average molecular weight is 933 g/mol. The van der Waals surface area contributed by atoms with E-state index in [-0.39, 0.29) is 23.1 Å². The maximum absolute atomic E-state index is 7.30. The van der Waals surface area contributed by atoms with Crippen LogP contribution >= 0.6 is 0 Å². The van der Waals surface area contributed by atoms with Crippen LogP contribution in [0.3, 0.4) is 0 Å². The van der Waals surface area contributed by atoms with Crippen molar-refractivity contribution in [2.24, 2.45) is 0 Å². The molecule has 1 aromatic heterocycles. The molecule has 9 aromatic carbocycles. The third-order valence-corrected chi connectivity index (χ3v) is 17.3. The largest absolute Gasteiger partial charge is 0.454 e. The molecule has 4 heterocycles. The summed E-state index contributed by atoms with van der Waals surface area (Å²) in [6, 6.07) is 62.5. The van der Waals surface area contributed by atoms with Crippen molar-refractivity contribution in [1.82, 2.24) is 0 Å². The molecule has 2 aliphatic carbocycles. The maximum Gasteiger partial charge on any atom is 0.333 e. The highest BCUT2D eigenvalue weighted by atomic mass is 16.6. The molecule has 15 rings (SSSR count). The first-order valence-corrected chi connectivity index (χ1v) is 25.6. The van der Waals surface area contributed by atoms with E-state index in [1.54, 1.807) is 0 Å². The summed E-state index contributed by atoms with van der Waals surface area (Å²) in [7, 11) is 0. The Balaban J connectivity index is 1.10. The summed E-state index contributed by atoms with van der Waals surface area (Å²) in [6.45, 7) is 16.5. The van der Waals surface area contributed by atoms with E-state index in [0.717, 1.165) is 63.0 Å². The molecule has 0 saturated carbocycles. The van der Waals surface area contributed by atoms with Crippen LogP contribution in [0.15, 0.2) is 174 Å². The fraction of sp³-hybridized carbons (Fsp3) is 0.182. The third kappa shape index (κ3) is 5.66. The zero-order valence-corrected chi connectivity index (χ0v) is 41.8. The van der Waals surface area contributed by atoms with Crippen molar-refractivity contribution in [2.75, 3.05) is 9.71 Å². The standard InChI is InChI=1S/C66H53BN2O3/c1-38-31-50-51(65(4,5)30-29-64(50,2)3)35-53(38)68-55-37-60-59(70-57-23-15-16-24-58(57)71-60)36-52(55)67-61-46(33-47-43-20-12-14-22-56(43)72-63(47)62(61)68)45-32-44-42-19-11-13-21-48(42)66(6,7)49(44)34-54(45)69(67)41-27-25-40(26-28-41)39-17-9-8-10-18-39/h8-28,31-37H,29-30H2,1-7H3. The van der Waals surface area contributed by atoms with Crippen molar-refractivity contribution in [3.63, 3.8) is 0 Å². The first-order valence-electron chi connectivity index (χ1n) is 25.6. The Morgan fingerprint density at radius 3 is 1.88 bits per heavy atom. The van der Waals surface area contributed by atoms with Crippen LogP contribution in [0.4, 0.5) is 28.4 Å². The smallest absolute Gasteiger partial charge is 0.333 e. The van der Waals surface area contributed by atoms with Gasteiger partial charge in [0.2, 0.25) is 0 Å². The molecule has 0 fully saturated rings. The molecule has 348 valence electrons. The summed E-state index contributed by atoms with van der Waals surface area (Å²) >= 11 is 0. The lowest BCUT2D eigenvalue weighted by molar-refractivity contribution is 0.332. The monoisotopic (exact) mass is 932 g/mol. The summed E-state index contributed by atoms with van der Waals surface area (Å²) < 4.78 is 21.1. The summed E-state index contributed by atoms with van der Waals surface area (Å²) in [4.78, 5) is 5.16. The first kappa shape index (κ1) is 41.8. The van der Waals surface area contributed by atoms with E-state index in [1.165, 1.54) is 72.3 Å². The van der Waals surface area contributed by atoms with Crippen LogP contribution in [0.2, 0.25) is 0 Å². The highest BCUT2D eigenvalue weighted by molar-refractivity contribution is 6.94. The summed E-state index contributed by atoms with van der Waals surface area (Å²) in [6.07, 6.45) is 2.25. The molecular formula is C66H53BN2O3. The predicted octanol–water partition coefficient (Wildman–Crippen LogP) is 16.8. The average Bonchev–Trinajstić information content (AvgIpc) is 3.88. The van der Waals surface area contributed by atoms with Gasteiger partial charge in [0.15, 0.2) is 28.6 Å². The van der Waals surface area contributed by atoms with Crippen molar-refractivity contribution >= 4 is 68.1 Å². The number of rotatable bonds is 3. The number of aryl methyl sites for hydroxylation is 1. The molecule has 0 N–H and O–H groups in total. The molecule has 3 aliphatic heterocycles. The van der Waals surface area contributed by atoms with Gasteiger partial charge in [-0.15, -0.1) is 0 Å². The first-order chi connectivity index (χ1) is 34.8. The number of furan rings is 1. The second kappa shape index (κ2) is 14.4.